The molecule has 8 heteroatoms. The molecular weight excluding hydrogens is 424 g/mol. The molecule has 32 heavy (non-hydrogen) atoms. The van der Waals surface area contributed by atoms with E-state index in [2.05, 4.69) is 26.7 Å². The predicted octanol–water partition coefficient (Wildman–Crippen LogP) is 4.95. The molecule has 0 unspecified atom stereocenters. The standard InChI is InChI=1S/C24H24N4O3S/c1-29-20-7-6-16(13-21(20)30-2)8-11-26-24-27-14-19(17-9-12-32-15-17)22(28-24)18-5-4-10-25-23(18)31-3/h4-7,9-10,12-15H,8,11H2,1-3H3,(H,26,27,28). The Labute approximate surface area is 191 Å². The van der Waals surface area contributed by atoms with Crippen LogP contribution in [0.3, 0.4) is 0 Å². The molecule has 0 spiro atoms. The SMILES string of the molecule is COc1ccc(CCNc2ncc(-c3ccsc3)c(-c3cccnc3OC)n2)cc1OC. The zero-order chi connectivity index (χ0) is 22.3. The number of nitrogens with one attached hydrogen (secondary N) is 1. The van der Waals surface area contributed by atoms with Gasteiger partial charge in [-0.1, -0.05) is 6.07 Å². The van der Waals surface area contributed by atoms with Crippen molar-refractivity contribution in [3.63, 3.8) is 0 Å². The van der Waals surface area contributed by atoms with Crippen molar-refractivity contribution in [1.29, 1.82) is 0 Å². The van der Waals surface area contributed by atoms with Gasteiger partial charge in [-0.3, -0.25) is 0 Å². The number of benzene rings is 1. The number of anilines is 1. The van der Waals surface area contributed by atoms with Crippen LogP contribution in [-0.2, 0) is 6.42 Å². The van der Waals surface area contributed by atoms with Crippen molar-refractivity contribution in [3.05, 3.63) is 65.1 Å². The topological polar surface area (TPSA) is 78.4 Å². The molecule has 1 aromatic carbocycles. The van der Waals surface area contributed by atoms with E-state index >= 15 is 0 Å². The van der Waals surface area contributed by atoms with Crippen LogP contribution in [0.5, 0.6) is 17.4 Å². The average Bonchev–Trinajstić information content (AvgIpc) is 3.38. The Morgan fingerprint density at radius 1 is 0.938 bits per heavy atom. The van der Waals surface area contributed by atoms with E-state index < -0.39 is 0 Å². The number of rotatable bonds is 9. The lowest BCUT2D eigenvalue weighted by molar-refractivity contribution is 0.354. The van der Waals surface area contributed by atoms with Gasteiger partial charge in [-0.15, -0.1) is 0 Å². The first kappa shape index (κ1) is 21.6. The molecule has 0 saturated heterocycles. The molecule has 0 aliphatic heterocycles. The van der Waals surface area contributed by atoms with Gasteiger partial charge in [0.2, 0.25) is 11.8 Å². The van der Waals surface area contributed by atoms with Crippen LogP contribution in [0.15, 0.2) is 59.6 Å². The molecule has 0 fully saturated rings. The lowest BCUT2D eigenvalue weighted by Crippen LogP contribution is -2.09. The van der Waals surface area contributed by atoms with Gasteiger partial charge in [-0.25, -0.2) is 15.0 Å². The van der Waals surface area contributed by atoms with Crippen LogP contribution >= 0.6 is 11.3 Å². The van der Waals surface area contributed by atoms with Crippen molar-refractivity contribution >= 4 is 17.3 Å². The third kappa shape index (κ3) is 4.65. The van der Waals surface area contributed by atoms with Gasteiger partial charge in [0.15, 0.2) is 11.5 Å². The maximum atomic E-state index is 5.48. The van der Waals surface area contributed by atoms with Crippen molar-refractivity contribution < 1.29 is 14.2 Å². The van der Waals surface area contributed by atoms with E-state index in [0.717, 1.165) is 34.4 Å². The molecular formula is C24H24N4O3S. The number of pyridine rings is 1. The van der Waals surface area contributed by atoms with Crippen LogP contribution in [0.1, 0.15) is 5.56 Å². The van der Waals surface area contributed by atoms with Gasteiger partial charge in [0.05, 0.1) is 32.6 Å². The quantitative estimate of drug-likeness (QED) is 0.388. The molecule has 0 saturated carbocycles. The fraction of sp³-hybridized carbons (Fsp3) is 0.208. The van der Waals surface area contributed by atoms with Gasteiger partial charge in [0.1, 0.15) is 0 Å². The number of hydrogen-bond acceptors (Lipinski definition) is 8. The Morgan fingerprint density at radius 2 is 1.81 bits per heavy atom. The summed E-state index contributed by atoms with van der Waals surface area (Å²) in [6.45, 7) is 0.664. The number of thiophene rings is 1. The number of hydrogen-bond donors (Lipinski definition) is 1. The Bertz CT molecular complexity index is 1180. The zero-order valence-electron chi connectivity index (χ0n) is 18.2. The first-order valence-corrected chi connectivity index (χ1v) is 11.0. The number of aromatic nitrogens is 3. The molecule has 0 bridgehead atoms. The highest BCUT2D eigenvalue weighted by Gasteiger charge is 2.16. The molecule has 0 aliphatic rings. The van der Waals surface area contributed by atoms with Gasteiger partial charge < -0.3 is 19.5 Å². The van der Waals surface area contributed by atoms with E-state index in [9.17, 15) is 0 Å². The number of methoxy groups -OCH3 is 3. The summed E-state index contributed by atoms with van der Waals surface area (Å²) in [7, 11) is 4.88. The second-order valence-electron chi connectivity index (χ2n) is 6.89. The highest BCUT2D eigenvalue weighted by Crippen LogP contribution is 2.35. The second-order valence-corrected chi connectivity index (χ2v) is 7.67. The minimum absolute atomic E-state index is 0.527. The molecule has 4 rings (SSSR count). The van der Waals surface area contributed by atoms with Crippen molar-refractivity contribution in [2.75, 3.05) is 33.2 Å². The molecule has 0 radical (unpaired) electrons. The molecule has 1 N–H and O–H groups in total. The highest BCUT2D eigenvalue weighted by molar-refractivity contribution is 7.08. The van der Waals surface area contributed by atoms with Gasteiger partial charge in [-0.05, 0) is 58.6 Å². The third-order valence-corrected chi connectivity index (χ3v) is 5.67. The summed E-state index contributed by atoms with van der Waals surface area (Å²) < 4.78 is 16.2. The summed E-state index contributed by atoms with van der Waals surface area (Å²) in [6, 6.07) is 11.8. The lowest BCUT2D eigenvalue weighted by atomic mass is 10.0. The molecule has 0 aliphatic carbocycles. The van der Waals surface area contributed by atoms with Crippen LogP contribution < -0.4 is 19.5 Å². The molecule has 3 heterocycles. The molecule has 0 amide bonds. The van der Waals surface area contributed by atoms with E-state index in [1.54, 1.807) is 38.9 Å². The smallest absolute Gasteiger partial charge is 0.223 e. The van der Waals surface area contributed by atoms with Crippen molar-refractivity contribution in [3.8, 4) is 39.8 Å². The van der Waals surface area contributed by atoms with Gasteiger partial charge in [-0.2, -0.15) is 11.3 Å². The summed E-state index contributed by atoms with van der Waals surface area (Å²) >= 11 is 1.63. The summed E-state index contributed by atoms with van der Waals surface area (Å²) in [4.78, 5) is 13.7. The summed E-state index contributed by atoms with van der Waals surface area (Å²) in [6.07, 6.45) is 4.33. The zero-order valence-corrected chi connectivity index (χ0v) is 19.0. The van der Waals surface area contributed by atoms with Crippen LogP contribution in [0, 0.1) is 0 Å². The van der Waals surface area contributed by atoms with Crippen molar-refractivity contribution in [2.24, 2.45) is 0 Å². The molecule has 164 valence electrons. The Hall–Kier alpha value is -3.65. The number of ether oxygens (including phenoxy) is 3. The lowest BCUT2D eigenvalue weighted by Gasteiger charge is -2.13. The van der Waals surface area contributed by atoms with Gasteiger partial charge in [0.25, 0.3) is 0 Å². The minimum atomic E-state index is 0.527. The Kier molecular flexibility index (Phi) is 6.81. The predicted molar refractivity (Wildman–Crippen MR) is 127 cm³/mol. The second kappa shape index (κ2) is 10.1. The van der Waals surface area contributed by atoms with Gasteiger partial charge >= 0.3 is 0 Å². The van der Waals surface area contributed by atoms with Crippen molar-refractivity contribution in [1.82, 2.24) is 15.0 Å². The van der Waals surface area contributed by atoms with Crippen LogP contribution in [0.4, 0.5) is 5.95 Å². The van der Waals surface area contributed by atoms with E-state index in [4.69, 9.17) is 19.2 Å². The maximum absolute atomic E-state index is 5.48. The largest absolute Gasteiger partial charge is 0.493 e. The molecule has 3 aromatic heterocycles. The fourth-order valence-electron chi connectivity index (χ4n) is 3.39. The van der Waals surface area contributed by atoms with E-state index in [1.165, 1.54) is 0 Å². The summed E-state index contributed by atoms with van der Waals surface area (Å²) in [5.74, 6) is 2.50. The van der Waals surface area contributed by atoms with E-state index in [0.29, 0.717) is 29.9 Å². The maximum Gasteiger partial charge on any atom is 0.223 e. The molecule has 4 aromatic rings. The number of nitrogens with zero attached hydrogens (tertiary/aromatic N) is 3. The fourth-order valence-corrected chi connectivity index (χ4v) is 4.05. The Balaban J connectivity index is 1.58. The first-order valence-electron chi connectivity index (χ1n) is 10.1. The Morgan fingerprint density at radius 3 is 2.56 bits per heavy atom. The third-order valence-electron chi connectivity index (χ3n) is 4.99. The van der Waals surface area contributed by atoms with Crippen LogP contribution in [0.2, 0.25) is 0 Å². The minimum Gasteiger partial charge on any atom is -0.493 e. The normalized spacial score (nSPS) is 10.6. The van der Waals surface area contributed by atoms with Crippen molar-refractivity contribution in [2.45, 2.75) is 6.42 Å². The summed E-state index contributed by atoms with van der Waals surface area (Å²) in [5.41, 5.74) is 4.72. The van der Waals surface area contributed by atoms with E-state index in [1.807, 2.05) is 41.9 Å². The van der Waals surface area contributed by atoms with Crippen LogP contribution in [-0.4, -0.2) is 42.8 Å². The average molecular weight is 449 g/mol. The highest BCUT2D eigenvalue weighted by atomic mass is 32.1. The first-order chi connectivity index (χ1) is 15.7. The van der Waals surface area contributed by atoms with Crippen LogP contribution in [0.25, 0.3) is 22.4 Å². The molecule has 0 atom stereocenters. The summed E-state index contributed by atoms with van der Waals surface area (Å²) in [5, 5.41) is 7.44. The monoisotopic (exact) mass is 448 g/mol. The van der Waals surface area contributed by atoms with E-state index in [-0.39, 0.29) is 0 Å². The van der Waals surface area contributed by atoms with Gasteiger partial charge in [0, 0.05) is 24.5 Å². The molecule has 7 nitrogen and oxygen atoms in total.